The van der Waals surface area contributed by atoms with Gasteiger partial charge in [-0.05, 0) is 38.1 Å². The number of nitrogens with one attached hydrogen (secondary N) is 1. The van der Waals surface area contributed by atoms with Crippen LogP contribution in [0.3, 0.4) is 0 Å². The number of hydrogen-bond donors (Lipinski definition) is 1. The Bertz CT molecular complexity index is 983. The number of thiazole rings is 1. The third-order valence-corrected chi connectivity index (χ3v) is 5.34. The molecule has 4 rings (SSSR count). The molecule has 0 spiro atoms. The molecule has 0 saturated heterocycles. The summed E-state index contributed by atoms with van der Waals surface area (Å²) in [7, 11) is 0. The predicted molar refractivity (Wildman–Crippen MR) is 102 cm³/mol. The van der Waals surface area contributed by atoms with E-state index in [9.17, 15) is 9.59 Å². The van der Waals surface area contributed by atoms with Crippen LogP contribution in [0.5, 0.6) is 5.75 Å². The van der Waals surface area contributed by atoms with Crippen LogP contribution < -0.4 is 15.0 Å². The number of hydrogen-bond acceptors (Lipinski definition) is 5. The van der Waals surface area contributed by atoms with Crippen LogP contribution in [0.2, 0.25) is 0 Å². The third kappa shape index (κ3) is 2.52. The number of amides is 2. The molecule has 0 saturated carbocycles. The number of carbonyl (C=O) groups excluding carboxylic acids is 2. The summed E-state index contributed by atoms with van der Waals surface area (Å²) in [6.07, 6.45) is 0. The van der Waals surface area contributed by atoms with Gasteiger partial charge in [0.15, 0.2) is 5.13 Å². The Balaban J connectivity index is 1.67. The largest absolute Gasteiger partial charge is 0.465 e. The molecule has 1 aromatic heterocycles. The van der Waals surface area contributed by atoms with Crippen molar-refractivity contribution >= 4 is 44.2 Å². The first-order chi connectivity index (χ1) is 12.5. The summed E-state index contributed by atoms with van der Waals surface area (Å²) in [4.78, 5) is 31.9. The van der Waals surface area contributed by atoms with Crippen molar-refractivity contribution in [2.75, 3.05) is 16.8 Å². The Hall–Kier alpha value is -2.93. The number of fused-ring (bicyclic) bond motifs is 2. The number of benzene rings is 2. The van der Waals surface area contributed by atoms with E-state index in [-0.39, 0.29) is 0 Å². The molecule has 1 atom stereocenters. The van der Waals surface area contributed by atoms with Gasteiger partial charge < -0.3 is 9.64 Å². The van der Waals surface area contributed by atoms with E-state index in [0.29, 0.717) is 23.1 Å². The lowest BCUT2D eigenvalue weighted by Crippen LogP contribution is -2.60. The van der Waals surface area contributed by atoms with Crippen LogP contribution in [-0.4, -0.2) is 28.9 Å². The summed E-state index contributed by atoms with van der Waals surface area (Å²) < 4.78 is 6.81. The molecule has 1 N–H and O–H groups in total. The highest BCUT2D eigenvalue weighted by Gasteiger charge is 2.50. The normalized spacial score (nSPS) is 19.2. The van der Waals surface area contributed by atoms with Gasteiger partial charge in [-0.15, -0.1) is 0 Å². The zero-order valence-electron chi connectivity index (χ0n) is 14.4. The van der Waals surface area contributed by atoms with Crippen molar-refractivity contribution in [3.8, 4) is 5.75 Å². The number of ether oxygens (including phenoxy) is 1. The Morgan fingerprint density at radius 1 is 1.23 bits per heavy atom. The number of rotatable bonds is 3. The fraction of sp³-hybridized carbons (Fsp3) is 0.211. The maximum absolute atomic E-state index is 13.0. The topological polar surface area (TPSA) is 71.5 Å². The van der Waals surface area contributed by atoms with Gasteiger partial charge in [0.2, 0.25) is 0 Å². The molecule has 0 aliphatic carbocycles. The lowest BCUT2D eigenvalue weighted by Gasteiger charge is -2.38. The molecule has 132 valence electrons. The first kappa shape index (κ1) is 16.5. The first-order valence-electron chi connectivity index (χ1n) is 8.30. The average molecular weight is 367 g/mol. The van der Waals surface area contributed by atoms with Gasteiger partial charge in [0.05, 0.1) is 15.9 Å². The van der Waals surface area contributed by atoms with Crippen LogP contribution in [0.4, 0.5) is 10.8 Å². The standard InChI is InChI=1S/C19H17N3O3S/c1-3-22-13-9-5-6-10-14(13)25-19(2,17(22)24)16(23)21-18-20-12-8-4-7-11-15(12)26-18/h4-11H,3H2,1-2H3,(H,20,21,23). The average Bonchev–Trinajstić information content (AvgIpc) is 3.05. The maximum Gasteiger partial charge on any atom is 0.280 e. The second kappa shape index (κ2) is 6.10. The molecule has 2 aromatic carbocycles. The highest BCUT2D eigenvalue weighted by atomic mass is 32.1. The summed E-state index contributed by atoms with van der Waals surface area (Å²) in [5.74, 6) is -0.414. The molecule has 0 bridgehead atoms. The first-order valence-corrected chi connectivity index (χ1v) is 9.11. The van der Waals surface area contributed by atoms with Crippen LogP contribution in [0, 0.1) is 0 Å². The van der Waals surface area contributed by atoms with Gasteiger partial charge in [-0.3, -0.25) is 14.9 Å². The van der Waals surface area contributed by atoms with Gasteiger partial charge in [0.1, 0.15) is 5.75 Å². The number of para-hydroxylation sites is 3. The van der Waals surface area contributed by atoms with Crippen LogP contribution >= 0.6 is 11.3 Å². The smallest absolute Gasteiger partial charge is 0.280 e. The van der Waals surface area contributed by atoms with Crippen LogP contribution in [0.25, 0.3) is 10.2 Å². The fourth-order valence-electron chi connectivity index (χ4n) is 3.00. The Kier molecular flexibility index (Phi) is 3.88. The molecule has 1 aliphatic rings. The van der Waals surface area contributed by atoms with E-state index in [4.69, 9.17) is 4.74 Å². The van der Waals surface area contributed by atoms with Crippen molar-refractivity contribution in [2.45, 2.75) is 19.4 Å². The summed E-state index contributed by atoms with van der Waals surface area (Å²) in [6, 6.07) is 14.8. The molecule has 2 heterocycles. The molecule has 1 unspecified atom stereocenters. The van der Waals surface area contributed by atoms with Gasteiger partial charge in [0, 0.05) is 6.54 Å². The van der Waals surface area contributed by atoms with Gasteiger partial charge in [-0.25, -0.2) is 4.98 Å². The molecule has 7 heteroatoms. The number of anilines is 2. The predicted octanol–water partition coefficient (Wildman–Crippen LogP) is 3.44. The molecule has 0 radical (unpaired) electrons. The minimum absolute atomic E-state index is 0.391. The van der Waals surface area contributed by atoms with E-state index in [2.05, 4.69) is 10.3 Å². The van der Waals surface area contributed by atoms with E-state index in [1.165, 1.54) is 18.3 Å². The van der Waals surface area contributed by atoms with Crippen molar-refractivity contribution in [1.82, 2.24) is 4.98 Å². The summed E-state index contributed by atoms with van der Waals surface area (Å²) >= 11 is 1.36. The lowest BCUT2D eigenvalue weighted by molar-refractivity contribution is -0.145. The molecule has 1 aliphatic heterocycles. The summed E-state index contributed by atoms with van der Waals surface area (Å²) in [5, 5.41) is 3.18. The second-order valence-electron chi connectivity index (χ2n) is 6.09. The van der Waals surface area contributed by atoms with E-state index >= 15 is 0 Å². The molecule has 26 heavy (non-hydrogen) atoms. The number of nitrogens with zero attached hydrogens (tertiary/aromatic N) is 2. The lowest BCUT2D eigenvalue weighted by atomic mass is 10.00. The highest BCUT2D eigenvalue weighted by Crippen LogP contribution is 2.38. The molecule has 6 nitrogen and oxygen atoms in total. The van der Waals surface area contributed by atoms with Crippen LogP contribution in [0.15, 0.2) is 48.5 Å². The van der Waals surface area contributed by atoms with E-state index in [1.54, 1.807) is 11.0 Å². The van der Waals surface area contributed by atoms with Crippen molar-refractivity contribution in [2.24, 2.45) is 0 Å². The number of aromatic nitrogens is 1. The minimum atomic E-state index is -1.65. The molecular formula is C19H17N3O3S. The second-order valence-corrected chi connectivity index (χ2v) is 7.12. The Morgan fingerprint density at radius 3 is 2.73 bits per heavy atom. The van der Waals surface area contributed by atoms with Crippen LogP contribution in [-0.2, 0) is 9.59 Å². The van der Waals surface area contributed by atoms with Gasteiger partial charge in [-0.2, -0.15) is 0 Å². The van der Waals surface area contributed by atoms with Crippen molar-refractivity contribution in [3.05, 3.63) is 48.5 Å². The fourth-order valence-corrected chi connectivity index (χ4v) is 3.86. The summed E-state index contributed by atoms with van der Waals surface area (Å²) in [5.41, 5.74) is -0.179. The van der Waals surface area contributed by atoms with E-state index in [0.717, 1.165) is 10.2 Å². The molecule has 3 aromatic rings. The molecule has 2 amide bonds. The number of likely N-dealkylation sites (N-methyl/N-ethyl adjacent to an activating group) is 1. The monoisotopic (exact) mass is 367 g/mol. The van der Waals surface area contributed by atoms with Crippen molar-refractivity contribution in [1.29, 1.82) is 0 Å². The zero-order chi connectivity index (χ0) is 18.3. The van der Waals surface area contributed by atoms with Crippen LogP contribution in [0.1, 0.15) is 13.8 Å². The van der Waals surface area contributed by atoms with Crippen molar-refractivity contribution in [3.63, 3.8) is 0 Å². The Labute approximate surface area is 154 Å². The molecule has 0 fully saturated rings. The quantitative estimate of drug-likeness (QED) is 0.720. The maximum atomic E-state index is 13.0. The Morgan fingerprint density at radius 2 is 1.96 bits per heavy atom. The van der Waals surface area contributed by atoms with Gasteiger partial charge in [0.25, 0.3) is 17.4 Å². The van der Waals surface area contributed by atoms with E-state index in [1.807, 2.05) is 49.4 Å². The number of carbonyl (C=O) groups is 2. The van der Waals surface area contributed by atoms with Crippen molar-refractivity contribution < 1.29 is 14.3 Å². The summed E-state index contributed by atoms with van der Waals surface area (Å²) in [6.45, 7) is 3.81. The van der Waals surface area contributed by atoms with Gasteiger partial charge >= 0.3 is 0 Å². The third-order valence-electron chi connectivity index (χ3n) is 4.39. The SMILES string of the molecule is CCN1C(=O)C(C)(C(=O)Nc2nc3ccccc3s2)Oc2ccccc21. The molecular weight excluding hydrogens is 350 g/mol. The highest BCUT2D eigenvalue weighted by molar-refractivity contribution is 7.22. The van der Waals surface area contributed by atoms with E-state index < -0.39 is 17.4 Å². The zero-order valence-corrected chi connectivity index (χ0v) is 15.2. The van der Waals surface area contributed by atoms with Gasteiger partial charge in [-0.1, -0.05) is 35.6 Å². The minimum Gasteiger partial charge on any atom is -0.465 e.